The molecule has 0 aromatic rings. The largest absolute Gasteiger partial charge is 0.673 e. The van der Waals surface area contributed by atoms with Crippen molar-refractivity contribution in [2.24, 2.45) is 0 Å². The Bertz CT molecular complexity index is 50.8. The van der Waals surface area contributed by atoms with E-state index in [9.17, 15) is 17.3 Å². The molecule has 0 radical (unpaired) electrons. The van der Waals surface area contributed by atoms with E-state index in [1.807, 2.05) is 0 Å². The highest BCUT2D eigenvalue weighted by Crippen LogP contribution is 2.06. The van der Waals surface area contributed by atoms with Crippen LogP contribution in [0.3, 0.4) is 0 Å². The molecule has 0 rings (SSSR count). The lowest BCUT2D eigenvalue weighted by atomic mass is 10.3. The third kappa shape index (κ3) is 146. The second kappa shape index (κ2) is 6.20. The van der Waals surface area contributed by atoms with Crippen LogP contribution in [0.1, 0.15) is 7.43 Å². The van der Waals surface area contributed by atoms with Crippen LogP contribution < -0.4 is 5.39 Å². The van der Waals surface area contributed by atoms with Gasteiger partial charge in [0.25, 0.3) is 0 Å². The zero-order chi connectivity index (χ0) is 6.50. The van der Waals surface area contributed by atoms with Gasteiger partial charge in [0.2, 0.25) is 5.39 Å². The monoisotopic (exact) mass is 132 g/mol. The van der Waals surface area contributed by atoms with E-state index in [1.54, 1.807) is 0 Å². The maximum Gasteiger partial charge on any atom is 0.673 e. The summed E-state index contributed by atoms with van der Waals surface area (Å²) in [6, 6.07) is 0. The van der Waals surface area contributed by atoms with E-state index >= 15 is 0 Å². The Morgan fingerprint density at radius 1 is 1.00 bits per heavy atom. The Morgan fingerprint density at radius 3 is 1.00 bits per heavy atom. The first-order chi connectivity index (χ1) is 3.00. The quantitative estimate of drug-likeness (QED) is 0.286. The van der Waals surface area contributed by atoms with Crippen LogP contribution in [0.5, 0.6) is 0 Å². The van der Waals surface area contributed by atoms with Gasteiger partial charge in [0, 0.05) is 0 Å². The average Bonchev–Trinajstić information content (AvgIpc) is 1.36. The van der Waals surface area contributed by atoms with Crippen LogP contribution in [-0.4, -0.2) is 7.25 Å². The number of rotatable bonds is 0. The van der Waals surface area contributed by atoms with Crippen LogP contribution in [-0.2, 0) is 0 Å². The molecular weight excluding hydrogens is 127 g/mol. The number of diazo groups is 1. The number of nitrogens with zero attached hydrogens (tertiary/aromatic N) is 1. The molecule has 0 fully saturated rings. The predicted molar refractivity (Wildman–Crippen MR) is 19.6 cm³/mol. The molecule has 7 heteroatoms. The van der Waals surface area contributed by atoms with Crippen molar-refractivity contribution in [3.05, 3.63) is 0 Å². The topological polar surface area (TPSA) is 47.6 Å². The van der Waals surface area contributed by atoms with Crippen LogP contribution in [0.25, 0.3) is 0 Å². The molecule has 0 aromatic carbocycles. The molecule has 0 unspecified atom stereocenters. The van der Waals surface area contributed by atoms with Crippen molar-refractivity contribution in [2.75, 3.05) is 0 Å². The van der Waals surface area contributed by atoms with E-state index in [0.29, 0.717) is 0 Å². The van der Waals surface area contributed by atoms with Gasteiger partial charge in [-0.15, -0.1) is 0 Å². The SMILES string of the molecule is C.F[B-](F)(F)F.N#[NH+]. The van der Waals surface area contributed by atoms with Crippen LogP contribution in [0.2, 0.25) is 0 Å². The third-order valence-electron chi connectivity index (χ3n) is 0. The van der Waals surface area contributed by atoms with Gasteiger partial charge in [-0.2, -0.15) is 0 Å². The lowest BCUT2D eigenvalue weighted by molar-refractivity contribution is -0.175. The Morgan fingerprint density at radius 2 is 1.00 bits per heavy atom. The highest BCUT2D eigenvalue weighted by molar-refractivity contribution is 6.50. The van der Waals surface area contributed by atoms with Crippen molar-refractivity contribution < 1.29 is 22.7 Å². The minimum atomic E-state index is -6.00. The maximum absolute atomic E-state index is 9.75. The predicted octanol–water partition coefficient (Wildman–Crippen LogP) is 0.215. The van der Waals surface area contributed by atoms with Crippen molar-refractivity contribution in [3.8, 4) is 0 Å². The zero-order valence-corrected chi connectivity index (χ0v) is 3.04. The van der Waals surface area contributed by atoms with E-state index < -0.39 is 7.25 Å². The van der Waals surface area contributed by atoms with Crippen LogP contribution >= 0.6 is 0 Å². The Balaban J connectivity index is -0.0000000750. The van der Waals surface area contributed by atoms with Crippen molar-refractivity contribution in [2.45, 2.75) is 7.43 Å². The molecule has 0 amide bonds. The molecular formula is CH5BF4N2. The van der Waals surface area contributed by atoms with Crippen molar-refractivity contribution in [1.82, 2.24) is 0 Å². The lowest BCUT2D eigenvalue weighted by Gasteiger charge is -1.94. The first kappa shape index (κ1) is 15.7. The van der Waals surface area contributed by atoms with Gasteiger partial charge in [0.15, 0.2) is 0 Å². The highest BCUT2D eigenvalue weighted by Gasteiger charge is 2.20. The number of hydrogen-bond donors (Lipinski definition) is 1. The number of halogens is 4. The van der Waals surface area contributed by atoms with E-state index in [0.717, 1.165) is 0 Å². The van der Waals surface area contributed by atoms with Crippen LogP contribution in [0.4, 0.5) is 17.3 Å². The van der Waals surface area contributed by atoms with E-state index in [2.05, 4.69) is 0 Å². The van der Waals surface area contributed by atoms with Gasteiger partial charge >= 0.3 is 7.25 Å². The van der Waals surface area contributed by atoms with Crippen molar-refractivity contribution in [3.63, 3.8) is 0 Å². The molecule has 0 heterocycles. The van der Waals surface area contributed by atoms with E-state index in [-0.39, 0.29) is 7.43 Å². The summed E-state index contributed by atoms with van der Waals surface area (Å²) in [6.45, 7) is 0. The summed E-state index contributed by atoms with van der Waals surface area (Å²) in [4.78, 5) is 0. The normalized spacial score (nSPS) is 7.75. The van der Waals surface area contributed by atoms with Gasteiger partial charge in [-0.05, 0) is 0 Å². The average molecular weight is 132 g/mol. The minimum Gasteiger partial charge on any atom is -0.418 e. The number of hydrogen-bond acceptors (Lipinski definition) is 1. The van der Waals surface area contributed by atoms with Gasteiger partial charge in [0.05, 0.1) is 5.39 Å². The fraction of sp³-hybridized carbons (Fsp3) is 1.00. The molecule has 1 N–H and O–H groups in total. The van der Waals surface area contributed by atoms with Gasteiger partial charge in [-0.3, -0.25) is 0 Å². The Labute approximate surface area is 44.0 Å². The Hall–Kier alpha value is -0.795. The summed E-state index contributed by atoms with van der Waals surface area (Å²) < 4.78 is 39.0. The molecule has 0 aliphatic rings. The maximum atomic E-state index is 9.75. The standard InChI is InChI=1S/CH4.BF4.N2/c;2-1(3,4)5;1-2/h1H4;;/q;-1;/p+1. The van der Waals surface area contributed by atoms with E-state index in [4.69, 9.17) is 10.8 Å². The van der Waals surface area contributed by atoms with Gasteiger partial charge in [-0.1, -0.05) is 7.43 Å². The first-order valence-electron chi connectivity index (χ1n) is 1.10. The van der Waals surface area contributed by atoms with Crippen molar-refractivity contribution in [1.29, 1.82) is 5.39 Å². The molecule has 0 bridgehead atoms. The second-order valence-electron chi connectivity index (χ2n) is 0.495. The summed E-state index contributed by atoms with van der Waals surface area (Å²) in [5, 5.41) is 11.0. The first-order valence-corrected chi connectivity index (χ1v) is 1.10. The molecule has 8 heavy (non-hydrogen) atoms. The summed E-state index contributed by atoms with van der Waals surface area (Å²) in [7, 11) is -6.00. The molecule has 0 saturated carbocycles. The van der Waals surface area contributed by atoms with Gasteiger partial charge in [-0.25, -0.2) is 0 Å². The highest BCUT2D eigenvalue weighted by atomic mass is 19.5. The van der Waals surface area contributed by atoms with Crippen LogP contribution in [0.15, 0.2) is 0 Å². The summed E-state index contributed by atoms with van der Waals surface area (Å²) in [5.41, 5.74) is 0. The molecule has 0 saturated heterocycles. The van der Waals surface area contributed by atoms with Gasteiger partial charge < -0.3 is 17.3 Å². The summed E-state index contributed by atoms with van der Waals surface area (Å²) >= 11 is 0. The summed E-state index contributed by atoms with van der Waals surface area (Å²) in [6.07, 6.45) is 0. The Kier molecular flexibility index (Phi) is 12.2. The van der Waals surface area contributed by atoms with Crippen LogP contribution in [0, 0.1) is 5.39 Å². The van der Waals surface area contributed by atoms with Gasteiger partial charge in [0.1, 0.15) is 0 Å². The molecule has 0 aromatic heterocycles. The number of nitrogens with one attached hydrogen (secondary N) is 1. The smallest absolute Gasteiger partial charge is 0.418 e. The third-order valence-corrected chi connectivity index (χ3v) is 0. The fourth-order valence-electron chi connectivity index (χ4n) is 0. The minimum absolute atomic E-state index is 0. The fourth-order valence-corrected chi connectivity index (χ4v) is 0. The van der Waals surface area contributed by atoms with Crippen molar-refractivity contribution >= 4 is 7.25 Å². The second-order valence-corrected chi connectivity index (χ2v) is 0.495. The van der Waals surface area contributed by atoms with E-state index in [1.165, 1.54) is 0 Å². The molecule has 50 valence electrons. The molecule has 2 nitrogen and oxygen atoms in total. The summed E-state index contributed by atoms with van der Waals surface area (Å²) in [5.74, 6) is 0. The molecule has 0 atom stereocenters. The molecule has 0 aliphatic heterocycles. The zero-order valence-electron chi connectivity index (χ0n) is 3.04. The molecule has 0 spiro atoms. The molecule has 0 aliphatic carbocycles. The lowest BCUT2D eigenvalue weighted by Crippen LogP contribution is -2.11.